The van der Waals surface area contributed by atoms with Gasteiger partial charge in [-0.05, 0) is 43.4 Å². The van der Waals surface area contributed by atoms with Gasteiger partial charge in [-0.1, -0.05) is 18.6 Å². The summed E-state index contributed by atoms with van der Waals surface area (Å²) in [5.41, 5.74) is 1.08. The predicted molar refractivity (Wildman–Crippen MR) is 97.8 cm³/mol. The molecule has 24 heavy (non-hydrogen) atoms. The Labute approximate surface area is 150 Å². The van der Waals surface area contributed by atoms with Crippen LogP contribution in [0.1, 0.15) is 37.7 Å². The summed E-state index contributed by atoms with van der Waals surface area (Å²) in [6, 6.07) is 8.01. The second-order valence-electron chi connectivity index (χ2n) is 5.97. The molecule has 0 saturated heterocycles. The van der Waals surface area contributed by atoms with Crippen molar-refractivity contribution in [1.82, 2.24) is 10.6 Å². The van der Waals surface area contributed by atoms with Gasteiger partial charge in [0.1, 0.15) is 5.75 Å². The van der Waals surface area contributed by atoms with E-state index < -0.39 is 0 Å². The monoisotopic (exact) mass is 356 g/mol. The number of methoxy groups -OCH3 is 1. The van der Waals surface area contributed by atoms with E-state index in [-0.39, 0.29) is 18.3 Å². The van der Waals surface area contributed by atoms with Crippen molar-refractivity contribution < 1.29 is 14.3 Å². The first kappa shape index (κ1) is 20.7. The fourth-order valence-corrected chi connectivity index (χ4v) is 2.70. The third kappa shape index (κ3) is 7.99. The number of benzene rings is 1. The molecule has 136 valence electrons. The van der Waals surface area contributed by atoms with E-state index in [2.05, 4.69) is 10.6 Å². The maximum Gasteiger partial charge on any atom is 0.234 e. The smallest absolute Gasteiger partial charge is 0.234 e. The van der Waals surface area contributed by atoms with Gasteiger partial charge >= 0.3 is 0 Å². The zero-order valence-corrected chi connectivity index (χ0v) is 15.2. The van der Waals surface area contributed by atoms with Crippen LogP contribution in [0.2, 0.25) is 0 Å². The average molecular weight is 357 g/mol. The molecular formula is C18H29ClN2O3. The van der Waals surface area contributed by atoms with Gasteiger partial charge in [0.25, 0.3) is 0 Å². The van der Waals surface area contributed by atoms with Crippen LogP contribution in [-0.4, -0.2) is 38.8 Å². The number of carbonyl (C=O) groups is 1. The summed E-state index contributed by atoms with van der Waals surface area (Å²) in [5, 5.41) is 5.91. The number of carbonyl (C=O) groups excluding carboxylic acids is 1. The number of nitrogens with one attached hydrogen (secondary N) is 2. The van der Waals surface area contributed by atoms with Gasteiger partial charge in [-0.2, -0.15) is 0 Å². The van der Waals surface area contributed by atoms with Gasteiger partial charge in [-0.25, -0.2) is 0 Å². The van der Waals surface area contributed by atoms with Gasteiger partial charge in [0.05, 0.1) is 19.3 Å². The molecule has 0 aliphatic heterocycles. The molecule has 0 atom stereocenters. The summed E-state index contributed by atoms with van der Waals surface area (Å²) in [4.78, 5) is 11.7. The number of ether oxygens (including phenoxy) is 2. The second-order valence-corrected chi connectivity index (χ2v) is 5.97. The Morgan fingerprint density at radius 1 is 1.17 bits per heavy atom. The van der Waals surface area contributed by atoms with Crippen LogP contribution in [0, 0.1) is 0 Å². The van der Waals surface area contributed by atoms with Crippen LogP contribution in [0.25, 0.3) is 0 Å². The summed E-state index contributed by atoms with van der Waals surface area (Å²) >= 11 is 0. The van der Waals surface area contributed by atoms with E-state index in [0.29, 0.717) is 32.3 Å². The van der Waals surface area contributed by atoms with Gasteiger partial charge in [0.2, 0.25) is 5.91 Å². The van der Waals surface area contributed by atoms with Crippen molar-refractivity contribution in [2.45, 2.75) is 44.8 Å². The first-order chi connectivity index (χ1) is 11.3. The predicted octanol–water partition coefficient (Wildman–Crippen LogP) is 2.67. The zero-order valence-electron chi connectivity index (χ0n) is 14.4. The Hall–Kier alpha value is -1.30. The minimum Gasteiger partial charge on any atom is -0.490 e. The van der Waals surface area contributed by atoms with Crippen molar-refractivity contribution in [3.63, 3.8) is 0 Å². The van der Waals surface area contributed by atoms with E-state index in [1.54, 1.807) is 7.11 Å². The van der Waals surface area contributed by atoms with E-state index >= 15 is 0 Å². The molecule has 1 amide bonds. The fourth-order valence-electron chi connectivity index (χ4n) is 2.70. The molecule has 0 bridgehead atoms. The van der Waals surface area contributed by atoms with Crippen molar-refractivity contribution in [1.29, 1.82) is 0 Å². The van der Waals surface area contributed by atoms with Gasteiger partial charge in [-0.15, -0.1) is 12.4 Å². The number of halogens is 1. The SMILES string of the molecule is COCCNCC(=O)NCc1ccc(OC2CCCCC2)cc1.Cl. The van der Waals surface area contributed by atoms with Crippen molar-refractivity contribution in [2.75, 3.05) is 26.8 Å². The Balaban J connectivity index is 0.00000288. The molecule has 0 spiro atoms. The topological polar surface area (TPSA) is 59.6 Å². The van der Waals surface area contributed by atoms with E-state index in [0.717, 1.165) is 24.2 Å². The lowest BCUT2D eigenvalue weighted by molar-refractivity contribution is -0.120. The highest BCUT2D eigenvalue weighted by Crippen LogP contribution is 2.23. The molecule has 2 N–H and O–H groups in total. The van der Waals surface area contributed by atoms with Crippen LogP contribution < -0.4 is 15.4 Å². The number of hydrogen-bond acceptors (Lipinski definition) is 4. The quantitative estimate of drug-likeness (QED) is 0.668. The first-order valence-electron chi connectivity index (χ1n) is 8.50. The highest BCUT2D eigenvalue weighted by atomic mass is 35.5. The molecule has 1 saturated carbocycles. The summed E-state index contributed by atoms with van der Waals surface area (Å²) in [7, 11) is 1.64. The maximum absolute atomic E-state index is 11.7. The van der Waals surface area contributed by atoms with Crippen molar-refractivity contribution in [2.24, 2.45) is 0 Å². The largest absolute Gasteiger partial charge is 0.490 e. The summed E-state index contributed by atoms with van der Waals surface area (Å²) in [6.45, 7) is 2.13. The average Bonchev–Trinajstić information content (AvgIpc) is 2.59. The lowest BCUT2D eigenvalue weighted by Gasteiger charge is -2.23. The van der Waals surface area contributed by atoms with Crippen LogP contribution in [-0.2, 0) is 16.1 Å². The van der Waals surface area contributed by atoms with Gasteiger partial charge in [-0.3, -0.25) is 4.79 Å². The van der Waals surface area contributed by atoms with Crippen LogP contribution in [0.15, 0.2) is 24.3 Å². The molecule has 0 heterocycles. The minimum atomic E-state index is -0.0105. The van der Waals surface area contributed by atoms with Crippen LogP contribution in [0.4, 0.5) is 0 Å². The standard InChI is InChI=1S/C18H28N2O3.ClH/c1-22-12-11-19-14-18(21)20-13-15-7-9-17(10-8-15)23-16-5-3-2-4-6-16;/h7-10,16,19H,2-6,11-14H2,1H3,(H,20,21);1H. The van der Waals surface area contributed by atoms with Gasteiger partial charge in [0.15, 0.2) is 0 Å². The fraction of sp³-hybridized carbons (Fsp3) is 0.611. The van der Waals surface area contributed by atoms with Crippen LogP contribution >= 0.6 is 12.4 Å². The summed E-state index contributed by atoms with van der Waals surface area (Å²) in [5.74, 6) is 0.914. The highest BCUT2D eigenvalue weighted by Gasteiger charge is 2.14. The van der Waals surface area contributed by atoms with E-state index in [9.17, 15) is 4.79 Å². The van der Waals surface area contributed by atoms with E-state index in [1.807, 2.05) is 24.3 Å². The molecule has 6 heteroatoms. The molecule has 5 nitrogen and oxygen atoms in total. The lowest BCUT2D eigenvalue weighted by atomic mass is 9.98. The van der Waals surface area contributed by atoms with E-state index in [4.69, 9.17) is 9.47 Å². The highest BCUT2D eigenvalue weighted by molar-refractivity contribution is 5.85. The van der Waals surface area contributed by atoms with Crippen molar-refractivity contribution in [3.05, 3.63) is 29.8 Å². The van der Waals surface area contributed by atoms with E-state index in [1.165, 1.54) is 19.3 Å². The third-order valence-corrected chi connectivity index (χ3v) is 4.04. The Bertz CT molecular complexity index is 462. The molecule has 2 rings (SSSR count). The molecule has 0 radical (unpaired) electrons. The molecule has 1 aromatic carbocycles. The molecular weight excluding hydrogens is 328 g/mol. The third-order valence-electron chi connectivity index (χ3n) is 4.04. The van der Waals surface area contributed by atoms with Crippen molar-refractivity contribution in [3.8, 4) is 5.75 Å². The minimum absolute atomic E-state index is 0. The molecule has 1 fully saturated rings. The Morgan fingerprint density at radius 2 is 1.88 bits per heavy atom. The normalized spacial score (nSPS) is 14.7. The number of rotatable bonds is 9. The van der Waals surface area contributed by atoms with Gasteiger partial charge < -0.3 is 20.1 Å². The maximum atomic E-state index is 11.7. The molecule has 0 aromatic heterocycles. The molecule has 1 aliphatic rings. The summed E-state index contributed by atoms with van der Waals surface area (Å²) < 4.78 is 10.9. The lowest BCUT2D eigenvalue weighted by Crippen LogP contribution is -2.34. The molecule has 1 aliphatic carbocycles. The Morgan fingerprint density at radius 3 is 2.54 bits per heavy atom. The second kappa shape index (κ2) is 12.1. The van der Waals surface area contributed by atoms with Crippen molar-refractivity contribution >= 4 is 18.3 Å². The Kier molecular flexibility index (Phi) is 10.5. The zero-order chi connectivity index (χ0) is 16.3. The first-order valence-corrected chi connectivity index (χ1v) is 8.50. The molecule has 0 unspecified atom stereocenters. The van der Waals surface area contributed by atoms with Crippen LogP contribution in [0.5, 0.6) is 5.75 Å². The summed E-state index contributed by atoms with van der Waals surface area (Å²) in [6.07, 6.45) is 6.56. The molecule has 1 aromatic rings. The van der Waals surface area contributed by atoms with Gasteiger partial charge in [0, 0.05) is 20.2 Å². The number of amides is 1. The number of hydrogen-bond donors (Lipinski definition) is 2. The van der Waals surface area contributed by atoms with Crippen LogP contribution in [0.3, 0.4) is 0 Å².